The number of ether oxygens (including phenoxy) is 3. The molecule has 156 valence electrons. The molecule has 0 aliphatic carbocycles. The molecule has 2 rings (SSSR count). The van der Waals surface area contributed by atoms with Crippen molar-refractivity contribution in [1.29, 1.82) is 5.26 Å². The fraction of sp³-hybridized carbons (Fsp3) is 0.217. The number of phenolic OH excluding ortho intramolecular Hbond substituents is 1. The monoisotopic (exact) mass is 408 g/mol. The van der Waals surface area contributed by atoms with Gasteiger partial charge in [-0.05, 0) is 48.4 Å². The van der Waals surface area contributed by atoms with E-state index >= 15 is 0 Å². The molecule has 0 saturated carbocycles. The number of rotatable bonds is 8. The molecule has 0 atom stereocenters. The lowest BCUT2D eigenvalue weighted by Crippen LogP contribution is -2.24. The van der Waals surface area contributed by atoms with Gasteiger partial charge in [0.15, 0.2) is 11.5 Å². The summed E-state index contributed by atoms with van der Waals surface area (Å²) in [6.07, 6.45) is 4.70. The molecule has 0 fully saturated rings. The van der Waals surface area contributed by atoms with Gasteiger partial charge in [-0.3, -0.25) is 4.79 Å². The number of aromatic hydroxyl groups is 1. The zero-order valence-corrected chi connectivity index (χ0v) is 17.4. The molecule has 1 amide bonds. The second-order valence-corrected chi connectivity index (χ2v) is 6.29. The molecule has 0 radical (unpaired) electrons. The van der Waals surface area contributed by atoms with Crippen LogP contribution in [0, 0.1) is 18.3 Å². The minimum Gasteiger partial charge on any atom is -0.504 e. The van der Waals surface area contributed by atoms with Crippen molar-refractivity contribution in [3.8, 4) is 29.1 Å². The van der Waals surface area contributed by atoms with Gasteiger partial charge in [-0.1, -0.05) is 18.2 Å². The number of carbonyl (C=O) groups is 1. The van der Waals surface area contributed by atoms with E-state index < -0.39 is 5.91 Å². The summed E-state index contributed by atoms with van der Waals surface area (Å²) >= 11 is 0. The Morgan fingerprint density at radius 1 is 1.10 bits per heavy atom. The predicted octanol–water partition coefficient (Wildman–Crippen LogP) is 3.51. The minimum absolute atomic E-state index is 0.0339. The van der Waals surface area contributed by atoms with E-state index in [0.29, 0.717) is 17.2 Å². The Kier molecular flexibility index (Phi) is 7.89. The average Bonchev–Trinajstić information content (AvgIpc) is 2.76. The zero-order valence-electron chi connectivity index (χ0n) is 17.4. The molecule has 0 aromatic heterocycles. The van der Waals surface area contributed by atoms with Crippen molar-refractivity contribution >= 4 is 12.0 Å². The van der Waals surface area contributed by atoms with Crippen LogP contribution in [0.5, 0.6) is 23.0 Å². The highest BCUT2D eigenvalue weighted by atomic mass is 16.5. The van der Waals surface area contributed by atoms with E-state index in [2.05, 4.69) is 5.32 Å². The van der Waals surface area contributed by atoms with E-state index in [4.69, 9.17) is 14.2 Å². The van der Waals surface area contributed by atoms with Crippen molar-refractivity contribution in [1.82, 2.24) is 5.32 Å². The minimum atomic E-state index is -0.496. The fourth-order valence-corrected chi connectivity index (χ4v) is 2.74. The fourth-order valence-electron chi connectivity index (χ4n) is 2.74. The van der Waals surface area contributed by atoms with Crippen molar-refractivity contribution in [3.63, 3.8) is 0 Å². The largest absolute Gasteiger partial charge is 0.504 e. The topological polar surface area (TPSA) is 101 Å². The van der Waals surface area contributed by atoms with E-state index in [1.54, 1.807) is 38.5 Å². The van der Waals surface area contributed by atoms with Gasteiger partial charge in [0.2, 0.25) is 0 Å². The SMILES string of the molecule is COc1cc(/C=C/C=C(\C#N)C(=O)NCc2cc(OC)c(C)c(OC)c2)ccc1O. The summed E-state index contributed by atoms with van der Waals surface area (Å²) in [6, 6.07) is 10.4. The zero-order chi connectivity index (χ0) is 22.1. The molecule has 2 aromatic carbocycles. The first kappa shape index (κ1) is 22.4. The number of phenols is 1. The van der Waals surface area contributed by atoms with Crippen LogP contribution >= 0.6 is 0 Å². The summed E-state index contributed by atoms with van der Waals surface area (Å²) < 4.78 is 15.7. The lowest BCUT2D eigenvalue weighted by molar-refractivity contribution is -0.117. The second kappa shape index (κ2) is 10.6. The van der Waals surface area contributed by atoms with Crippen molar-refractivity contribution < 1.29 is 24.1 Å². The van der Waals surface area contributed by atoms with Crippen molar-refractivity contribution in [2.75, 3.05) is 21.3 Å². The van der Waals surface area contributed by atoms with E-state index in [0.717, 1.165) is 16.7 Å². The number of nitrogens with one attached hydrogen (secondary N) is 1. The van der Waals surface area contributed by atoms with Gasteiger partial charge in [0, 0.05) is 12.1 Å². The molecule has 2 N–H and O–H groups in total. The molecule has 0 aliphatic rings. The maximum atomic E-state index is 12.4. The van der Waals surface area contributed by atoms with Gasteiger partial charge < -0.3 is 24.6 Å². The van der Waals surface area contributed by atoms with E-state index in [9.17, 15) is 15.2 Å². The molecule has 30 heavy (non-hydrogen) atoms. The number of hydrogen-bond acceptors (Lipinski definition) is 6. The number of nitrogens with zero attached hydrogens (tertiary/aromatic N) is 1. The maximum Gasteiger partial charge on any atom is 0.262 e. The average molecular weight is 408 g/mol. The van der Waals surface area contributed by atoms with E-state index in [1.807, 2.05) is 25.1 Å². The summed E-state index contributed by atoms with van der Waals surface area (Å²) in [6.45, 7) is 2.09. The first-order valence-electron chi connectivity index (χ1n) is 9.08. The number of benzene rings is 2. The van der Waals surface area contributed by atoms with Crippen LogP contribution in [0.4, 0.5) is 0 Å². The highest BCUT2D eigenvalue weighted by molar-refractivity contribution is 5.97. The summed E-state index contributed by atoms with van der Waals surface area (Å²) in [5.41, 5.74) is 2.36. The van der Waals surface area contributed by atoms with Gasteiger partial charge in [-0.25, -0.2) is 0 Å². The third kappa shape index (κ3) is 5.55. The van der Waals surface area contributed by atoms with Crippen LogP contribution < -0.4 is 19.5 Å². The number of amides is 1. The molecule has 2 aromatic rings. The van der Waals surface area contributed by atoms with Crippen LogP contribution in [-0.4, -0.2) is 32.3 Å². The summed E-state index contributed by atoms with van der Waals surface area (Å²) in [7, 11) is 4.59. The number of allylic oxidation sites excluding steroid dienone is 2. The van der Waals surface area contributed by atoms with E-state index in [-0.39, 0.29) is 17.9 Å². The molecule has 0 heterocycles. The molecule has 7 heteroatoms. The lowest BCUT2D eigenvalue weighted by atomic mass is 10.1. The van der Waals surface area contributed by atoms with Gasteiger partial charge in [-0.2, -0.15) is 5.26 Å². The molecule has 0 bridgehead atoms. The van der Waals surface area contributed by atoms with Crippen LogP contribution in [0.1, 0.15) is 16.7 Å². The molecule has 7 nitrogen and oxygen atoms in total. The molecular formula is C23H24N2O5. The first-order chi connectivity index (χ1) is 14.4. The Morgan fingerprint density at radius 3 is 2.30 bits per heavy atom. The van der Waals surface area contributed by atoms with Crippen LogP contribution in [0.25, 0.3) is 6.08 Å². The molecule has 0 saturated heterocycles. The second-order valence-electron chi connectivity index (χ2n) is 6.29. The highest BCUT2D eigenvalue weighted by Gasteiger charge is 2.11. The number of hydrogen-bond donors (Lipinski definition) is 2. The summed E-state index contributed by atoms with van der Waals surface area (Å²) in [4.78, 5) is 12.4. The maximum absolute atomic E-state index is 12.4. The third-order valence-electron chi connectivity index (χ3n) is 4.39. The predicted molar refractivity (Wildman–Crippen MR) is 114 cm³/mol. The number of carbonyl (C=O) groups excluding carboxylic acids is 1. The quantitative estimate of drug-likeness (QED) is 0.394. The number of methoxy groups -OCH3 is 3. The Bertz CT molecular complexity index is 994. The third-order valence-corrected chi connectivity index (χ3v) is 4.39. The standard InChI is InChI=1S/C23H24N2O5/c1-15-20(28-2)11-17(12-21(15)29-3)14-25-23(27)18(13-24)7-5-6-16-8-9-19(26)22(10-16)30-4/h5-12,26H,14H2,1-4H3,(H,25,27)/b6-5+,18-7+. The van der Waals surface area contributed by atoms with Crippen LogP contribution in [0.15, 0.2) is 48.1 Å². The smallest absolute Gasteiger partial charge is 0.262 e. The molecule has 0 unspecified atom stereocenters. The van der Waals surface area contributed by atoms with Crippen molar-refractivity contribution in [3.05, 3.63) is 64.7 Å². The van der Waals surface area contributed by atoms with Gasteiger partial charge in [0.1, 0.15) is 23.1 Å². The van der Waals surface area contributed by atoms with Gasteiger partial charge in [-0.15, -0.1) is 0 Å². The number of nitriles is 1. The summed E-state index contributed by atoms with van der Waals surface area (Å²) in [5.74, 6) is 1.18. The van der Waals surface area contributed by atoms with Gasteiger partial charge in [0.25, 0.3) is 5.91 Å². The van der Waals surface area contributed by atoms with E-state index in [1.165, 1.54) is 19.3 Å². The Balaban J connectivity index is 2.09. The van der Waals surface area contributed by atoms with Gasteiger partial charge in [0.05, 0.1) is 21.3 Å². The van der Waals surface area contributed by atoms with Crippen molar-refractivity contribution in [2.45, 2.75) is 13.5 Å². The Hall–Kier alpha value is -3.92. The molecule has 0 aliphatic heterocycles. The molecular weight excluding hydrogens is 384 g/mol. The Labute approximate surface area is 175 Å². The Morgan fingerprint density at radius 2 is 1.73 bits per heavy atom. The first-order valence-corrected chi connectivity index (χ1v) is 9.08. The summed E-state index contributed by atoms with van der Waals surface area (Å²) in [5, 5.41) is 21.6. The lowest BCUT2D eigenvalue weighted by Gasteiger charge is -2.13. The highest BCUT2D eigenvalue weighted by Crippen LogP contribution is 2.29. The normalized spacial score (nSPS) is 11.1. The molecule has 0 spiro atoms. The van der Waals surface area contributed by atoms with Gasteiger partial charge >= 0.3 is 0 Å². The van der Waals surface area contributed by atoms with Crippen molar-refractivity contribution in [2.24, 2.45) is 0 Å². The van der Waals surface area contributed by atoms with Crippen LogP contribution in [0.2, 0.25) is 0 Å². The van der Waals surface area contributed by atoms with Crippen LogP contribution in [-0.2, 0) is 11.3 Å². The van der Waals surface area contributed by atoms with Crippen LogP contribution in [0.3, 0.4) is 0 Å².